The van der Waals surface area contributed by atoms with Crippen LogP contribution in [0.15, 0.2) is 109 Å². The molecule has 0 aliphatic carbocycles. The van der Waals surface area contributed by atoms with E-state index in [0.29, 0.717) is 12.8 Å². The van der Waals surface area contributed by atoms with Crippen molar-refractivity contribution < 1.29 is 89.4 Å². The molecule has 3 fully saturated rings. The van der Waals surface area contributed by atoms with Gasteiger partial charge in [-0.15, -0.1) is 0 Å². The highest BCUT2D eigenvalue weighted by molar-refractivity contribution is 5.76. The minimum absolute atomic E-state index is 0.229. The molecule has 19 heteroatoms. The zero-order chi connectivity index (χ0) is 70.4. The number of nitrogens with one attached hydrogen (secondary N) is 1. The van der Waals surface area contributed by atoms with Crippen LogP contribution >= 0.6 is 0 Å². The molecule has 558 valence electrons. The highest BCUT2D eigenvalue weighted by Crippen LogP contribution is 2.33. The first kappa shape index (κ1) is 87.7. The van der Waals surface area contributed by atoms with Crippen LogP contribution < -0.4 is 5.32 Å². The molecule has 17 unspecified atom stereocenters. The summed E-state index contributed by atoms with van der Waals surface area (Å²) in [6.07, 6.45) is 52.4. The maximum atomic E-state index is 13.4. The lowest BCUT2D eigenvalue weighted by atomic mass is 9.96. The number of carbonyl (C=O) groups is 1. The Labute approximate surface area is 583 Å². The number of aliphatic hydroxyl groups excluding tert-OH is 11. The minimum Gasteiger partial charge on any atom is -0.394 e. The molecule has 19 nitrogen and oxygen atoms in total. The average molecular weight is 1370 g/mol. The third-order valence-corrected chi connectivity index (χ3v) is 18.0. The molecule has 3 rings (SSSR count). The molecule has 0 aromatic carbocycles. The van der Waals surface area contributed by atoms with E-state index in [4.69, 9.17) is 28.4 Å². The topological polar surface area (TPSA) is 307 Å². The van der Waals surface area contributed by atoms with E-state index in [9.17, 15) is 61.0 Å². The highest BCUT2D eigenvalue weighted by atomic mass is 16.8. The largest absolute Gasteiger partial charge is 0.394 e. The summed E-state index contributed by atoms with van der Waals surface area (Å²) < 4.78 is 34.3. The van der Waals surface area contributed by atoms with Gasteiger partial charge >= 0.3 is 0 Å². The van der Waals surface area contributed by atoms with Crippen LogP contribution in [0.2, 0.25) is 0 Å². The number of unbranched alkanes of at least 4 members (excludes halogenated alkanes) is 25. The quantitative estimate of drug-likeness (QED) is 0.0199. The van der Waals surface area contributed by atoms with Gasteiger partial charge in [-0.3, -0.25) is 4.79 Å². The van der Waals surface area contributed by atoms with Crippen LogP contribution in [0.1, 0.15) is 245 Å². The molecule has 0 saturated carbocycles. The van der Waals surface area contributed by atoms with Crippen molar-refractivity contribution in [3.8, 4) is 0 Å². The summed E-state index contributed by atoms with van der Waals surface area (Å²) >= 11 is 0. The van der Waals surface area contributed by atoms with E-state index < -0.39 is 124 Å². The lowest BCUT2D eigenvalue weighted by Crippen LogP contribution is -2.66. The van der Waals surface area contributed by atoms with E-state index in [2.05, 4.69) is 116 Å². The average Bonchev–Trinajstić information content (AvgIpc) is 0.809. The Balaban J connectivity index is 1.31. The molecule has 0 radical (unpaired) electrons. The maximum Gasteiger partial charge on any atom is 0.220 e. The van der Waals surface area contributed by atoms with Gasteiger partial charge in [-0.05, 0) is 96.3 Å². The van der Waals surface area contributed by atoms with Crippen molar-refractivity contribution in [3.05, 3.63) is 109 Å². The summed E-state index contributed by atoms with van der Waals surface area (Å²) in [5.41, 5.74) is 0. The summed E-state index contributed by atoms with van der Waals surface area (Å²) in [7, 11) is 0. The fourth-order valence-electron chi connectivity index (χ4n) is 12.0. The van der Waals surface area contributed by atoms with E-state index in [-0.39, 0.29) is 18.9 Å². The van der Waals surface area contributed by atoms with Crippen LogP contribution in [0.3, 0.4) is 0 Å². The van der Waals surface area contributed by atoms with Gasteiger partial charge in [0.15, 0.2) is 18.9 Å². The van der Waals surface area contributed by atoms with Crippen LogP contribution in [0, 0.1) is 0 Å². The summed E-state index contributed by atoms with van der Waals surface area (Å²) in [5, 5.41) is 120. The molecule has 3 aliphatic rings. The van der Waals surface area contributed by atoms with Crippen molar-refractivity contribution in [1.82, 2.24) is 5.32 Å². The van der Waals surface area contributed by atoms with Gasteiger partial charge < -0.3 is 89.9 Å². The predicted octanol–water partition coefficient (Wildman–Crippen LogP) is 11.4. The fourth-order valence-corrected chi connectivity index (χ4v) is 12.0. The van der Waals surface area contributed by atoms with Crippen LogP contribution in [0.5, 0.6) is 0 Å². The normalized spacial score (nSPS) is 27.5. The van der Waals surface area contributed by atoms with Gasteiger partial charge in [0.1, 0.15) is 73.2 Å². The summed E-state index contributed by atoms with van der Waals surface area (Å²) in [4.78, 5) is 13.4. The van der Waals surface area contributed by atoms with Crippen molar-refractivity contribution in [1.29, 1.82) is 0 Å². The SMILES string of the molecule is CC/C=C\C/C=C\C/C=C\C/C=C\C/C=C\C/C=C\CCCCCCCCCCCCCCCCCCCCCCC(=O)NC(COC1OC(CO)C(OC2OC(CO)C(OC3OC(CO)C(O)C(O)C3O)C(O)C2O)C(O)C1O)C(O)/C=C/CC/C=C/CC/C=C/CCCCC. The summed E-state index contributed by atoms with van der Waals surface area (Å²) in [6, 6.07) is -1.000. The number of carbonyl (C=O) groups excluding carboxylic acids is 1. The second-order valence-corrected chi connectivity index (χ2v) is 26.4. The third kappa shape index (κ3) is 38.9. The Morgan fingerprint density at radius 3 is 1.15 bits per heavy atom. The van der Waals surface area contributed by atoms with Crippen LogP contribution in [-0.2, 0) is 33.2 Å². The summed E-state index contributed by atoms with van der Waals surface area (Å²) in [5.74, 6) is -0.292. The molecular formula is C78H133NO18. The standard InChI is InChI=1S/C78H133NO18/c1-3-5-7-9-11-13-15-17-18-19-20-21-22-23-24-25-26-27-28-29-30-31-32-33-34-35-36-37-38-39-40-41-42-44-46-48-50-52-54-56-66(84)79-61(62(83)55-53-51-49-47-45-43-16-14-12-10-8-6-4-2)60-92-76-72(90)69(87)74(64(58-81)94-76)97-78-73(91)70(88)75(65(59-82)95-78)96-77-71(89)68(86)67(85)63(57-80)93-77/h5,7,11-14,17-18,20-21,23-24,26-27,45,47,53,55,61-65,67-78,80-83,85-91H,3-4,6,8-10,15-16,19,22,25,28-44,46,48-52,54,56-60H2,1-2H3,(H,79,84)/b7-5-,13-11-,14-12+,18-17-,21-20-,24-23-,27-26-,47-45+,55-53+. The fraction of sp³-hybridized carbons (Fsp3) is 0.756. The van der Waals surface area contributed by atoms with E-state index in [0.717, 1.165) is 83.5 Å². The van der Waals surface area contributed by atoms with Gasteiger partial charge in [-0.1, -0.05) is 252 Å². The number of ether oxygens (including phenoxy) is 6. The lowest BCUT2D eigenvalue weighted by Gasteiger charge is -2.48. The molecule has 3 saturated heterocycles. The maximum absolute atomic E-state index is 13.4. The molecule has 3 heterocycles. The van der Waals surface area contributed by atoms with Crippen molar-refractivity contribution in [3.63, 3.8) is 0 Å². The molecule has 0 bridgehead atoms. The smallest absolute Gasteiger partial charge is 0.220 e. The van der Waals surface area contributed by atoms with Crippen molar-refractivity contribution >= 4 is 5.91 Å². The molecular weight excluding hydrogens is 1240 g/mol. The first-order valence-electron chi connectivity index (χ1n) is 37.6. The summed E-state index contributed by atoms with van der Waals surface area (Å²) in [6.45, 7) is 1.55. The van der Waals surface area contributed by atoms with Gasteiger partial charge in [0, 0.05) is 6.42 Å². The van der Waals surface area contributed by atoms with Crippen molar-refractivity contribution in [2.24, 2.45) is 0 Å². The molecule has 3 aliphatic heterocycles. The molecule has 0 spiro atoms. The van der Waals surface area contributed by atoms with E-state index in [1.807, 2.05) is 6.08 Å². The highest BCUT2D eigenvalue weighted by Gasteiger charge is 2.53. The second kappa shape index (κ2) is 58.0. The van der Waals surface area contributed by atoms with Gasteiger partial charge in [0.2, 0.25) is 5.91 Å². The third-order valence-electron chi connectivity index (χ3n) is 18.0. The Hall–Kier alpha value is -3.55. The van der Waals surface area contributed by atoms with Gasteiger partial charge in [0.25, 0.3) is 0 Å². The Morgan fingerprint density at radius 1 is 0.381 bits per heavy atom. The predicted molar refractivity (Wildman–Crippen MR) is 383 cm³/mol. The first-order chi connectivity index (χ1) is 47.3. The Kier molecular flexibility index (Phi) is 52.4. The van der Waals surface area contributed by atoms with E-state index in [1.165, 1.54) is 128 Å². The van der Waals surface area contributed by atoms with E-state index >= 15 is 0 Å². The molecule has 1 amide bonds. The number of amides is 1. The number of hydrogen-bond acceptors (Lipinski definition) is 18. The lowest BCUT2D eigenvalue weighted by molar-refractivity contribution is -0.379. The Morgan fingerprint density at radius 2 is 0.722 bits per heavy atom. The van der Waals surface area contributed by atoms with Gasteiger partial charge in [-0.2, -0.15) is 0 Å². The van der Waals surface area contributed by atoms with Crippen LogP contribution in [-0.4, -0.2) is 193 Å². The van der Waals surface area contributed by atoms with Crippen LogP contribution in [0.4, 0.5) is 0 Å². The zero-order valence-corrected chi connectivity index (χ0v) is 59.3. The molecule has 12 N–H and O–H groups in total. The van der Waals surface area contributed by atoms with Crippen LogP contribution in [0.25, 0.3) is 0 Å². The Bertz CT molecular complexity index is 2180. The first-order valence-corrected chi connectivity index (χ1v) is 37.6. The van der Waals surface area contributed by atoms with Crippen molar-refractivity contribution in [2.45, 2.75) is 349 Å². The number of allylic oxidation sites excluding steroid dienone is 17. The van der Waals surface area contributed by atoms with E-state index in [1.54, 1.807) is 6.08 Å². The zero-order valence-electron chi connectivity index (χ0n) is 59.3. The monoisotopic (exact) mass is 1370 g/mol. The minimum atomic E-state index is -1.99. The molecule has 0 aromatic rings. The number of hydrogen-bond donors (Lipinski definition) is 12. The number of rotatable bonds is 57. The van der Waals surface area contributed by atoms with Gasteiger partial charge in [0.05, 0.1) is 38.6 Å². The molecule has 97 heavy (non-hydrogen) atoms. The molecule has 17 atom stereocenters. The molecule has 0 aromatic heterocycles. The number of aliphatic hydroxyl groups is 11. The van der Waals surface area contributed by atoms with Crippen molar-refractivity contribution in [2.75, 3.05) is 26.4 Å². The second-order valence-electron chi connectivity index (χ2n) is 26.4. The van der Waals surface area contributed by atoms with Gasteiger partial charge in [-0.25, -0.2) is 0 Å².